The summed E-state index contributed by atoms with van der Waals surface area (Å²) in [5.41, 5.74) is 0.495. The average Bonchev–Trinajstić information content (AvgIpc) is 3.22. The molecule has 0 radical (unpaired) electrons. The van der Waals surface area contributed by atoms with Crippen LogP contribution in [-0.2, 0) is 9.53 Å². The maximum absolute atomic E-state index is 11.9. The summed E-state index contributed by atoms with van der Waals surface area (Å²) >= 11 is 0. The van der Waals surface area contributed by atoms with Crippen molar-refractivity contribution in [1.29, 1.82) is 0 Å². The molecule has 1 aliphatic carbocycles. The Bertz CT molecular complexity index is 429. The van der Waals surface area contributed by atoms with Gasteiger partial charge in [0.25, 0.3) is 5.91 Å². The highest BCUT2D eigenvalue weighted by atomic mass is 16.5. The van der Waals surface area contributed by atoms with Crippen LogP contribution in [0.15, 0.2) is 24.5 Å². The van der Waals surface area contributed by atoms with Crippen LogP contribution in [0.2, 0.25) is 0 Å². The zero-order chi connectivity index (χ0) is 13.0. The Labute approximate surface area is 106 Å². The van der Waals surface area contributed by atoms with Crippen LogP contribution in [0.1, 0.15) is 29.6 Å². The van der Waals surface area contributed by atoms with Gasteiger partial charge in [-0.3, -0.25) is 9.78 Å². The number of carbonyl (C=O) groups is 2. The number of carbonyl (C=O) groups excluding carboxylic acids is 2. The van der Waals surface area contributed by atoms with Crippen molar-refractivity contribution in [2.45, 2.75) is 25.3 Å². The van der Waals surface area contributed by atoms with Crippen molar-refractivity contribution in [2.24, 2.45) is 5.92 Å². The van der Waals surface area contributed by atoms with E-state index in [1.807, 2.05) is 0 Å². The number of amides is 1. The summed E-state index contributed by atoms with van der Waals surface area (Å²) in [6.45, 7) is 0. The molecule has 1 aromatic rings. The summed E-state index contributed by atoms with van der Waals surface area (Å²) in [6, 6.07) is 2.67. The number of hydrogen-bond donors (Lipinski definition) is 1. The van der Waals surface area contributed by atoms with Crippen LogP contribution in [0.5, 0.6) is 0 Å². The minimum absolute atomic E-state index is 0.270. The molecule has 1 fully saturated rings. The van der Waals surface area contributed by atoms with E-state index in [0.29, 0.717) is 17.9 Å². The summed E-state index contributed by atoms with van der Waals surface area (Å²) in [5, 5.41) is 2.71. The zero-order valence-corrected chi connectivity index (χ0v) is 10.3. The molecule has 0 unspecified atom stereocenters. The fraction of sp³-hybridized carbons (Fsp3) is 0.462. The normalized spacial score (nSPS) is 15.8. The highest BCUT2D eigenvalue weighted by Gasteiger charge is 2.31. The largest absolute Gasteiger partial charge is 0.467 e. The summed E-state index contributed by atoms with van der Waals surface area (Å²) in [4.78, 5) is 27.4. The molecule has 1 amide bonds. The van der Waals surface area contributed by atoms with E-state index in [-0.39, 0.29) is 11.9 Å². The first-order valence-corrected chi connectivity index (χ1v) is 5.99. The fourth-order valence-corrected chi connectivity index (χ4v) is 1.79. The standard InChI is InChI=1S/C13H16N2O3/c1-18-13(17)11(8-9-2-3-9)15-12(16)10-4-6-14-7-5-10/h4-7,9,11H,2-3,8H2,1H3,(H,15,16)/t11-/m1/s1. The van der Waals surface area contributed by atoms with Crippen molar-refractivity contribution in [3.63, 3.8) is 0 Å². The Hall–Kier alpha value is -1.91. The maximum Gasteiger partial charge on any atom is 0.328 e. The first-order chi connectivity index (χ1) is 8.70. The third-order valence-electron chi connectivity index (χ3n) is 3.00. The molecule has 1 saturated carbocycles. The van der Waals surface area contributed by atoms with Gasteiger partial charge in [-0.15, -0.1) is 0 Å². The molecule has 0 aliphatic heterocycles. The molecule has 18 heavy (non-hydrogen) atoms. The van der Waals surface area contributed by atoms with Crippen LogP contribution in [0.25, 0.3) is 0 Å². The van der Waals surface area contributed by atoms with Crippen molar-refractivity contribution < 1.29 is 14.3 Å². The van der Waals surface area contributed by atoms with Crippen LogP contribution in [0, 0.1) is 5.92 Å². The molecule has 5 nitrogen and oxygen atoms in total. The first kappa shape index (κ1) is 12.5. The molecule has 0 saturated heterocycles. The van der Waals surface area contributed by atoms with Gasteiger partial charge in [-0.2, -0.15) is 0 Å². The predicted octanol–water partition coefficient (Wildman–Crippen LogP) is 1.15. The van der Waals surface area contributed by atoms with Gasteiger partial charge in [0.15, 0.2) is 0 Å². The van der Waals surface area contributed by atoms with Gasteiger partial charge in [-0.1, -0.05) is 12.8 Å². The second-order valence-electron chi connectivity index (χ2n) is 4.46. The lowest BCUT2D eigenvalue weighted by molar-refractivity contribution is -0.143. The van der Waals surface area contributed by atoms with Crippen molar-refractivity contribution in [3.05, 3.63) is 30.1 Å². The van der Waals surface area contributed by atoms with E-state index in [1.165, 1.54) is 7.11 Å². The lowest BCUT2D eigenvalue weighted by Crippen LogP contribution is -2.41. The van der Waals surface area contributed by atoms with Crippen LogP contribution >= 0.6 is 0 Å². The van der Waals surface area contributed by atoms with Crippen molar-refractivity contribution in [1.82, 2.24) is 10.3 Å². The number of nitrogens with one attached hydrogen (secondary N) is 1. The summed E-state index contributed by atoms with van der Waals surface area (Å²) < 4.78 is 4.71. The molecule has 5 heteroatoms. The van der Waals surface area contributed by atoms with E-state index in [0.717, 1.165) is 12.8 Å². The Kier molecular flexibility index (Phi) is 3.92. The van der Waals surface area contributed by atoms with E-state index in [2.05, 4.69) is 10.3 Å². The fourth-order valence-electron chi connectivity index (χ4n) is 1.79. The van der Waals surface area contributed by atoms with Crippen LogP contribution in [0.4, 0.5) is 0 Å². The number of nitrogens with zero attached hydrogens (tertiary/aromatic N) is 1. The van der Waals surface area contributed by atoms with Crippen molar-refractivity contribution in [3.8, 4) is 0 Å². The molecule has 1 aliphatic rings. The molecule has 0 aromatic carbocycles. The van der Waals surface area contributed by atoms with Crippen molar-refractivity contribution >= 4 is 11.9 Å². The minimum Gasteiger partial charge on any atom is -0.467 e. The molecule has 96 valence electrons. The molecular weight excluding hydrogens is 232 g/mol. The van der Waals surface area contributed by atoms with Crippen LogP contribution in [0.3, 0.4) is 0 Å². The smallest absolute Gasteiger partial charge is 0.328 e. The minimum atomic E-state index is -0.553. The zero-order valence-electron chi connectivity index (χ0n) is 10.3. The summed E-state index contributed by atoms with van der Waals surface area (Å²) in [7, 11) is 1.33. The molecule has 1 aromatic heterocycles. The number of aromatic nitrogens is 1. The number of hydrogen-bond acceptors (Lipinski definition) is 4. The van der Waals surface area contributed by atoms with Gasteiger partial charge in [0.2, 0.25) is 0 Å². The van der Waals surface area contributed by atoms with E-state index in [9.17, 15) is 9.59 Å². The van der Waals surface area contributed by atoms with Gasteiger partial charge in [0.1, 0.15) is 6.04 Å². The lowest BCUT2D eigenvalue weighted by atomic mass is 10.1. The number of esters is 1. The van der Waals surface area contributed by atoms with Gasteiger partial charge in [0.05, 0.1) is 7.11 Å². The van der Waals surface area contributed by atoms with Gasteiger partial charge in [-0.25, -0.2) is 4.79 Å². The second kappa shape index (κ2) is 5.62. The number of rotatable bonds is 5. The Morgan fingerprint density at radius 3 is 2.67 bits per heavy atom. The number of methoxy groups -OCH3 is 1. The highest BCUT2D eigenvalue weighted by molar-refractivity contribution is 5.96. The topological polar surface area (TPSA) is 68.3 Å². The highest BCUT2D eigenvalue weighted by Crippen LogP contribution is 2.33. The van der Waals surface area contributed by atoms with Gasteiger partial charge < -0.3 is 10.1 Å². The summed E-state index contributed by atoms with van der Waals surface area (Å²) in [6.07, 6.45) is 5.99. The molecule has 1 atom stereocenters. The Morgan fingerprint density at radius 1 is 1.44 bits per heavy atom. The van der Waals surface area contributed by atoms with Gasteiger partial charge >= 0.3 is 5.97 Å². The SMILES string of the molecule is COC(=O)[C@@H](CC1CC1)NC(=O)c1ccncc1. The third-order valence-corrected chi connectivity index (χ3v) is 3.00. The molecule has 1 heterocycles. The summed E-state index contributed by atoms with van der Waals surface area (Å²) in [5.74, 6) is -0.121. The molecule has 2 rings (SSSR count). The average molecular weight is 248 g/mol. The molecule has 0 spiro atoms. The Morgan fingerprint density at radius 2 is 2.11 bits per heavy atom. The van der Waals surface area contributed by atoms with E-state index in [4.69, 9.17) is 4.74 Å². The lowest BCUT2D eigenvalue weighted by Gasteiger charge is -2.16. The maximum atomic E-state index is 11.9. The predicted molar refractivity (Wildman–Crippen MR) is 64.8 cm³/mol. The van der Waals surface area contributed by atoms with Crippen LogP contribution in [-0.4, -0.2) is 30.0 Å². The number of pyridine rings is 1. The monoisotopic (exact) mass is 248 g/mol. The second-order valence-corrected chi connectivity index (χ2v) is 4.46. The van der Waals surface area contributed by atoms with E-state index >= 15 is 0 Å². The van der Waals surface area contributed by atoms with E-state index in [1.54, 1.807) is 24.5 Å². The number of ether oxygens (including phenoxy) is 1. The Balaban J connectivity index is 1.99. The first-order valence-electron chi connectivity index (χ1n) is 5.99. The molecule has 0 bridgehead atoms. The van der Waals surface area contributed by atoms with Crippen molar-refractivity contribution in [2.75, 3.05) is 7.11 Å². The van der Waals surface area contributed by atoms with E-state index < -0.39 is 6.04 Å². The quantitative estimate of drug-likeness (QED) is 0.794. The molecule has 1 N–H and O–H groups in total. The molecular formula is C13H16N2O3. The third kappa shape index (κ3) is 3.29. The van der Waals surface area contributed by atoms with Crippen LogP contribution < -0.4 is 5.32 Å². The van der Waals surface area contributed by atoms with Gasteiger partial charge in [-0.05, 0) is 24.5 Å². The van der Waals surface area contributed by atoms with Gasteiger partial charge in [0, 0.05) is 18.0 Å².